The van der Waals surface area contributed by atoms with Crippen molar-refractivity contribution in [3.05, 3.63) is 0 Å². The highest BCUT2D eigenvalue weighted by molar-refractivity contribution is 5.88. The van der Waals surface area contributed by atoms with Crippen LogP contribution in [-0.4, -0.2) is 125 Å². The normalized spacial score (nSPS) is 12.7. The lowest BCUT2D eigenvalue weighted by Gasteiger charge is -2.23. The maximum Gasteiger partial charge on any atom is 0.312 e. The Labute approximate surface area is 284 Å². The zero-order chi connectivity index (χ0) is 36.7. The zero-order valence-corrected chi connectivity index (χ0v) is 29.3. The highest BCUT2D eigenvalue weighted by Gasteiger charge is 2.24. The van der Waals surface area contributed by atoms with Gasteiger partial charge in [-0.1, -0.05) is 27.7 Å². The van der Waals surface area contributed by atoms with E-state index in [9.17, 15) is 28.8 Å². The van der Waals surface area contributed by atoms with Gasteiger partial charge in [0.15, 0.2) is 5.78 Å². The van der Waals surface area contributed by atoms with Gasteiger partial charge in [0.1, 0.15) is 6.04 Å². The summed E-state index contributed by atoms with van der Waals surface area (Å²) in [5.74, 6) is -1.70. The first kappa shape index (κ1) is 46.7. The second-order valence-corrected chi connectivity index (χ2v) is 11.4. The van der Waals surface area contributed by atoms with Crippen molar-refractivity contribution >= 4 is 36.0 Å². The fraction of sp³-hybridized carbons (Fsp3) is 0.806. The molecule has 280 valence electrons. The van der Waals surface area contributed by atoms with Crippen LogP contribution >= 0.6 is 0 Å². The van der Waals surface area contributed by atoms with Gasteiger partial charge in [-0.05, 0) is 32.1 Å². The standard InChI is InChI=1S/C21H41N3O8.C10H19N3O3/c1-16(2)17(3)23-21(28)18(4-5-20(26)27)24-19(25)6-8-29-10-12-31-14-15-32-13-11-30-9-7-22;1-7(2)9(15)8(13-6-14)4-3-5-12-10(11)16/h16-18H,4-15,22H2,1-3H3,(H,23,28)(H,24,25)(H,26,27);6-8H,3-5H2,1-2H3,(H,13,14)(H3,11,12,16). The highest BCUT2D eigenvalue weighted by atomic mass is 16.6. The van der Waals surface area contributed by atoms with E-state index in [-0.39, 0.29) is 61.3 Å². The molecule has 9 N–H and O–H groups in total. The molecule has 3 unspecified atom stereocenters. The zero-order valence-electron chi connectivity index (χ0n) is 29.3. The van der Waals surface area contributed by atoms with Gasteiger partial charge in [0.2, 0.25) is 18.2 Å². The summed E-state index contributed by atoms with van der Waals surface area (Å²) in [6, 6.07) is -2.06. The molecule has 0 aromatic rings. The van der Waals surface area contributed by atoms with Gasteiger partial charge >= 0.3 is 12.0 Å². The van der Waals surface area contributed by atoms with Crippen LogP contribution in [0, 0.1) is 11.8 Å². The van der Waals surface area contributed by atoms with Crippen molar-refractivity contribution in [1.29, 1.82) is 0 Å². The number of ether oxygens (including phenoxy) is 4. The molecule has 5 amide bonds. The summed E-state index contributed by atoms with van der Waals surface area (Å²) in [6.07, 6.45) is 1.47. The van der Waals surface area contributed by atoms with Crippen LogP contribution in [0.2, 0.25) is 0 Å². The number of Topliss-reactive ketones (excluding diaryl/α,β-unsaturated/α-hetero) is 1. The maximum absolute atomic E-state index is 12.4. The lowest BCUT2D eigenvalue weighted by Crippen LogP contribution is -2.50. The van der Waals surface area contributed by atoms with Gasteiger partial charge in [0, 0.05) is 37.9 Å². The molecular formula is C31H60N6O11. The first-order valence-corrected chi connectivity index (χ1v) is 16.4. The monoisotopic (exact) mass is 692 g/mol. The Kier molecular flexibility index (Phi) is 30.1. The van der Waals surface area contributed by atoms with E-state index in [1.165, 1.54) is 0 Å². The van der Waals surface area contributed by atoms with Crippen molar-refractivity contribution in [2.75, 3.05) is 65.9 Å². The molecule has 0 aliphatic rings. The van der Waals surface area contributed by atoms with E-state index in [1.807, 2.05) is 20.8 Å². The third-order valence-electron chi connectivity index (χ3n) is 6.67. The second-order valence-electron chi connectivity index (χ2n) is 11.4. The summed E-state index contributed by atoms with van der Waals surface area (Å²) in [5.41, 5.74) is 10.2. The number of amides is 5. The third-order valence-corrected chi connectivity index (χ3v) is 6.67. The van der Waals surface area contributed by atoms with Gasteiger partial charge in [-0.25, -0.2) is 4.79 Å². The summed E-state index contributed by atoms with van der Waals surface area (Å²) < 4.78 is 21.2. The van der Waals surface area contributed by atoms with E-state index in [2.05, 4.69) is 21.3 Å². The first-order chi connectivity index (χ1) is 22.8. The van der Waals surface area contributed by atoms with E-state index in [0.717, 1.165) is 0 Å². The summed E-state index contributed by atoms with van der Waals surface area (Å²) in [5, 5.41) is 19.2. The summed E-state index contributed by atoms with van der Waals surface area (Å²) in [6.45, 7) is 13.5. The molecule has 0 spiro atoms. The van der Waals surface area contributed by atoms with E-state index in [0.29, 0.717) is 78.6 Å². The number of hydrogen-bond acceptors (Lipinski definition) is 11. The highest BCUT2D eigenvalue weighted by Crippen LogP contribution is 2.06. The molecule has 0 saturated carbocycles. The van der Waals surface area contributed by atoms with Gasteiger partial charge in [-0.2, -0.15) is 0 Å². The van der Waals surface area contributed by atoms with E-state index >= 15 is 0 Å². The Morgan fingerprint density at radius 3 is 1.75 bits per heavy atom. The summed E-state index contributed by atoms with van der Waals surface area (Å²) in [7, 11) is 0. The number of urea groups is 1. The Hall–Kier alpha value is -3.38. The van der Waals surface area contributed by atoms with Crippen molar-refractivity contribution in [1.82, 2.24) is 21.3 Å². The average molecular weight is 693 g/mol. The third kappa shape index (κ3) is 28.8. The average Bonchev–Trinajstić information content (AvgIpc) is 3.02. The number of carbonyl (C=O) groups is 6. The molecule has 17 heteroatoms. The molecule has 0 aromatic heterocycles. The molecule has 0 rings (SSSR count). The van der Waals surface area contributed by atoms with Crippen LogP contribution in [0.5, 0.6) is 0 Å². The Bertz CT molecular complexity index is 908. The van der Waals surface area contributed by atoms with Crippen LogP contribution in [0.15, 0.2) is 0 Å². The largest absolute Gasteiger partial charge is 0.481 e. The Morgan fingerprint density at radius 2 is 1.29 bits per heavy atom. The van der Waals surface area contributed by atoms with E-state index in [4.69, 9.17) is 35.5 Å². The number of ketones is 1. The number of nitrogens with two attached hydrogens (primary N) is 2. The number of carboxylic acids is 1. The molecule has 0 aliphatic heterocycles. The molecule has 0 saturated heterocycles. The number of rotatable bonds is 29. The molecule has 48 heavy (non-hydrogen) atoms. The molecular weight excluding hydrogens is 632 g/mol. The van der Waals surface area contributed by atoms with Crippen molar-refractivity contribution in [2.24, 2.45) is 23.3 Å². The van der Waals surface area contributed by atoms with Gasteiger partial charge in [-0.3, -0.25) is 24.0 Å². The minimum Gasteiger partial charge on any atom is -0.481 e. The molecule has 0 aromatic carbocycles. The smallest absolute Gasteiger partial charge is 0.312 e. The topological polar surface area (TPSA) is 260 Å². The van der Waals surface area contributed by atoms with Crippen LogP contribution in [0.3, 0.4) is 0 Å². The SMILES string of the molecule is CC(C)C(=O)C(CCCNC(N)=O)NC=O.CC(C)C(C)NC(=O)C(CCC(=O)O)NC(=O)CCOCCOCCOCCOCCN. The minimum absolute atomic E-state index is 0.00817. The molecule has 0 fully saturated rings. The van der Waals surface area contributed by atoms with Crippen molar-refractivity contribution in [2.45, 2.75) is 84.8 Å². The summed E-state index contributed by atoms with van der Waals surface area (Å²) in [4.78, 5) is 67.7. The maximum atomic E-state index is 12.4. The summed E-state index contributed by atoms with van der Waals surface area (Å²) >= 11 is 0. The number of carboxylic acid groups (broad SMARTS) is 1. The van der Waals surface area contributed by atoms with Gasteiger partial charge in [-0.15, -0.1) is 0 Å². The van der Waals surface area contributed by atoms with E-state index in [1.54, 1.807) is 13.8 Å². The lowest BCUT2D eigenvalue weighted by atomic mass is 9.98. The fourth-order valence-electron chi connectivity index (χ4n) is 3.61. The number of carbonyl (C=O) groups excluding carboxylic acids is 5. The first-order valence-electron chi connectivity index (χ1n) is 16.4. The Balaban J connectivity index is 0. The molecule has 0 heterocycles. The molecule has 0 bridgehead atoms. The number of aliphatic carboxylic acids is 1. The number of primary amides is 1. The molecule has 17 nitrogen and oxygen atoms in total. The Morgan fingerprint density at radius 1 is 0.750 bits per heavy atom. The van der Waals surface area contributed by atoms with Crippen LogP contribution in [0.1, 0.15) is 66.7 Å². The molecule has 3 atom stereocenters. The lowest BCUT2D eigenvalue weighted by molar-refractivity contribution is -0.138. The van der Waals surface area contributed by atoms with Gasteiger partial charge in [0.25, 0.3) is 0 Å². The number of hydrogen-bond donors (Lipinski definition) is 7. The van der Waals surface area contributed by atoms with Gasteiger partial charge in [0.05, 0.1) is 58.9 Å². The van der Waals surface area contributed by atoms with Crippen LogP contribution < -0.4 is 32.7 Å². The van der Waals surface area contributed by atoms with Crippen LogP contribution in [0.4, 0.5) is 4.79 Å². The second kappa shape index (κ2) is 30.9. The minimum atomic E-state index is -1.03. The quantitative estimate of drug-likeness (QED) is 0.0393. The van der Waals surface area contributed by atoms with Gasteiger partial charge < -0.3 is 56.8 Å². The van der Waals surface area contributed by atoms with E-state index < -0.39 is 24.1 Å². The van der Waals surface area contributed by atoms with Crippen LogP contribution in [-0.2, 0) is 42.9 Å². The predicted molar refractivity (Wildman–Crippen MR) is 178 cm³/mol. The predicted octanol–water partition coefficient (Wildman–Crippen LogP) is -0.313. The van der Waals surface area contributed by atoms with Crippen LogP contribution in [0.25, 0.3) is 0 Å². The molecule has 0 aliphatic carbocycles. The van der Waals surface area contributed by atoms with Crippen molar-refractivity contribution < 1.29 is 52.8 Å². The van der Waals surface area contributed by atoms with Crippen molar-refractivity contribution in [3.8, 4) is 0 Å². The molecule has 0 radical (unpaired) electrons. The van der Waals surface area contributed by atoms with Crippen molar-refractivity contribution in [3.63, 3.8) is 0 Å². The number of nitrogens with one attached hydrogen (secondary N) is 4. The fourth-order valence-corrected chi connectivity index (χ4v) is 3.61.